The predicted octanol–water partition coefficient (Wildman–Crippen LogP) is 4.76. The summed E-state index contributed by atoms with van der Waals surface area (Å²) >= 11 is 0. The first-order chi connectivity index (χ1) is 26.4. The van der Waals surface area contributed by atoms with Gasteiger partial charge in [0.15, 0.2) is 24.4 Å². The number of fused-ring (bicyclic) bond motifs is 1. The van der Waals surface area contributed by atoms with E-state index in [0.717, 1.165) is 27.7 Å². The SMILES string of the molecule is C=C1C(OC(=O)CC)C(OC(C)=O)C(OC(C)=O)C(C)(C)C=CC(C)C(OC(=O)c2ccccc2)C2(O)CC(C)(OC(C)=O)C(OC(C)=O)C2C1OC(=O)C(C)C. The van der Waals surface area contributed by atoms with Gasteiger partial charge in [-0.15, -0.1) is 0 Å². The van der Waals surface area contributed by atoms with Crippen molar-refractivity contribution in [2.45, 2.75) is 137 Å². The van der Waals surface area contributed by atoms with E-state index in [0.29, 0.717) is 0 Å². The molecule has 10 atom stereocenters. The lowest BCUT2D eigenvalue weighted by molar-refractivity contribution is -0.198. The van der Waals surface area contributed by atoms with Crippen LogP contribution < -0.4 is 0 Å². The Bertz CT molecular complexity index is 1730. The molecule has 0 spiro atoms. The summed E-state index contributed by atoms with van der Waals surface area (Å²) in [6.45, 7) is 19.5. The van der Waals surface area contributed by atoms with Gasteiger partial charge in [0.2, 0.25) is 0 Å². The molecular formula is C42H56O15. The van der Waals surface area contributed by atoms with E-state index in [2.05, 4.69) is 6.58 Å². The maximum absolute atomic E-state index is 13.9. The summed E-state index contributed by atoms with van der Waals surface area (Å²) in [4.78, 5) is 92.3. The van der Waals surface area contributed by atoms with Crippen LogP contribution in [0.3, 0.4) is 0 Å². The Balaban J connectivity index is 2.61. The molecule has 314 valence electrons. The number of benzene rings is 1. The van der Waals surface area contributed by atoms with E-state index in [-0.39, 0.29) is 17.6 Å². The fraction of sp³-hybridized carbons (Fsp3) is 0.595. The van der Waals surface area contributed by atoms with Gasteiger partial charge in [-0.3, -0.25) is 28.8 Å². The molecule has 10 unspecified atom stereocenters. The van der Waals surface area contributed by atoms with Crippen LogP contribution in [0.2, 0.25) is 0 Å². The Morgan fingerprint density at radius 1 is 0.772 bits per heavy atom. The first kappa shape index (κ1) is 46.3. The molecule has 15 heteroatoms. The highest BCUT2D eigenvalue weighted by molar-refractivity contribution is 5.89. The smallest absolute Gasteiger partial charge is 0.338 e. The third kappa shape index (κ3) is 10.9. The minimum atomic E-state index is -2.42. The number of esters is 7. The molecule has 2 aliphatic rings. The minimum Gasteiger partial charge on any atom is -0.458 e. The largest absolute Gasteiger partial charge is 0.458 e. The Morgan fingerprint density at radius 2 is 1.33 bits per heavy atom. The number of carbonyl (C=O) groups is 7. The van der Waals surface area contributed by atoms with Gasteiger partial charge in [0.1, 0.15) is 23.4 Å². The molecule has 0 aliphatic heterocycles. The van der Waals surface area contributed by atoms with Crippen LogP contribution in [-0.2, 0) is 61.9 Å². The van der Waals surface area contributed by atoms with Crippen LogP contribution in [0.25, 0.3) is 0 Å². The lowest BCUT2D eigenvalue weighted by Crippen LogP contribution is -2.60. The van der Waals surface area contributed by atoms with Crippen LogP contribution in [0.15, 0.2) is 54.6 Å². The van der Waals surface area contributed by atoms with E-state index in [1.807, 2.05) is 0 Å². The Hall–Kier alpha value is -5.05. The number of hydrogen-bond donors (Lipinski definition) is 1. The standard InChI is InChI=1S/C42H56O15/c1-13-30(47)54-33-24(5)32(55-38(48)22(2)3)31-36(52-26(7)44)41(12,57-28(9)46)21-42(31,50)35(56-39(49)29-17-15-14-16-18-29)23(4)19-20-40(10,11)37(53-27(8)45)34(33)51-25(6)43/h14-20,22-23,31-37,50H,5,13,21H2,1-4,6-12H3. The third-order valence-corrected chi connectivity index (χ3v) is 10.1. The van der Waals surface area contributed by atoms with Crippen molar-refractivity contribution in [3.05, 3.63) is 60.2 Å². The van der Waals surface area contributed by atoms with Crippen LogP contribution in [-0.4, -0.2) is 94.7 Å². The zero-order valence-corrected chi connectivity index (χ0v) is 34.5. The van der Waals surface area contributed by atoms with Crippen LogP contribution in [0.1, 0.15) is 99.4 Å². The molecule has 1 saturated carbocycles. The van der Waals surface area contributed by atoms with Crippen LogP contribution >= 0.6 is 0 Å². The second-order valence-corrected chi connectivity index (χ2v) is 15.8. The second-order valence-electron chi connectivity index (χ2n) is 15.8. The van der Waals surface area contributed by atoms with Crippen molar-refractivity contribution in [3.63, 3.8) is 0 Å². The quantitative estimate of drug-likeness (QED) is 0.193. The Labute approximate surface area is 333 Å². The molecule has 1 aromatic rings. The van der Waals surface area contributed by atoms with Crippen LogP contribution in [0.5, 0.6) is 0 Å². The van der Waals surface area contributed by atoms with Crippen LogP contribution in [0, 0.1) is 23.2 Å². The summed E-state index contributed by atoms with van der Waals surface area (Å²) in [5.74, 6) is -9.39. The van der Waals surface area contributed by atoms with Gasteiger partial charge in [-0.25, -0.2) is 4.79 Å². The lowest BCUT2D eigenvalue weighted by Gasteiger charge is -2.46. The summed E-state index contributed by atoms with van der Waals surface area (Å²) in [7, 11) is 0. The first-order valence-corrected chi connectivity index (χ1v) is 18.9. The zero-order valence-electron chi connectivity index (χ0n) is 34.5. The fourth-order valence-corrected chi connectivity index (χ4v) is 7.63. The van der Waals surface area contributed by atoms with Gasteiger partial charge in [-0.2, -0.15) is 0 Å². The summed E-state index contributed by atoms with van der Waals surface area (Å²) < 4.78 is 41.7. The Morgan fingerprint density at radius 3 is 1.84 bits per heavy atom. The normalized spacial score (nSPS) is 31.0. The van der Waals surface area contributed by atoms with Gasteiger partial charge in [0, 0.05) is 57.4 Å². The first-order valence-electron chi connectivity index (χ1n) is 18.9. The van der Waals surface area contributed by atoms with Crippen molar-refractivity contribution in [1.29, 1.82) is 0 Å². The number of rotatable bonds is 10. The monoisotopic (exact) mass is 800 g/mol. The molecule has 0 radical (unpaired) electrons. The van der Waals surface area contributed by atoms with Crippen LogP contribution in [0.4, 0.5) is 0 Å². The zero-order chi connectivity index (χ0) is 43.2. The van der Waals surface area contributed by atoms with Crippen molar-refractivity contribution in [1.82, 2.24) is 0 Å². The topological polar surface area (TPSA) is 204 Å². The molecule has 0 amide bonds. The number of carbonyl (C=O) groups excluding carboxylic acids is 7. The molecule has 0 aromatic heterocycles. The predicted molar refractivity (Wildman–Crippen MR) is 202 cm³/mol. The molecule has 1 fully saturated rings. The molecule has 0 saturated heterocycles. The summed E-state index contributed by atoms with van der Waals surface area (Å²) in [5.41, 5.74) is -5.76. The second kappa shape index (κ2) is 18.5. The highest BCUT2D eigenvalue weighted by Crippen LogP contribution is 2.54. The fourth-order valence-electron chi connectivity index (χ4n) is 7.63. The molecule has 1 N–H and O–H groups in total. The average molecular weight is 801 g/mol. The van der Waals surface area contributed by atoms with Crippen molar-refractivity contribution < 1.29 is 71.8 Å². The Kier molecular flexibility index (Phi) is 15.0. The minimum absolute atomic E-state index is 0.121. The van der Waals surface area contributed by atoms with E-state index in [9.17, 15) is 38.7 Å². The molecule has 0 heterocycles. The molecule has 2 aliphatic carbocycles. The molecular weight excluding hydrogens is 744 g/mol. The highest BCUT2D eigenvalue weighted by Gasteiger charge is 2.70. The maximum atomic E-state index is 13.9. The van der Waals surface area contributed by atoms with Crippen molar-refractivity contribution in [2.75, 3.05) is 0 Å². The lowest BCUT2D eigenvalue weighted by atomic mass is 9.71. The van der Waals surface area contributed by atoms with Crippen molar-refractivity contribution in [2.24, 2.45) is 23.2 Å². The van der Waals surface area contributed by atoms with E-state index in [1.54, 1.807) is 51.1 Å². The maximum Gasteiger partial charge on any atom is 0.338 e. The van der Waals surface area contributed by atoms with E-state index in [4.69, 9.17) is 33.2 Å². The molecule has 57 heavy (non-hydrogen) atoms. The van der Waals surface area contributed by atoms with Gasteiger partial charge in [0.05, 0.1) is 17.4 Å². The van der Waals surface area contributed by atoms with E-state index < -0.39 is 119 Å². The molecule has 1 aromatic carbocycles. The summed E-state index contributed by atoms with van der Waals surface area (Å²) in [6, 6.07) is 7.93. The molecule has 3 rings (SSSR count). The third-order valence-electron chi connectivity index (χ3n) is 10.1. The van der Waals surface area contributed by atoms with E-state index in [1.165, 1.54) is 39.8 Å². The highest BCUT2D eigenvalue weighted by atomic mass is 16.6. The molecule has 0 bridgehead atoms. The van der Waals surface area contributed by atoms with Gasteiger partial charge in [-0.05, 0) is 19.1 Å². The van der Waals surface area contributed by atoms with Gasteiger partial charge in [-0.1, -0.05) is 78.5 Å². The number of hydrogen-bond acceptors (Lipinski definition) is 15. The van der Waals surface area contributed by atoms with Gasteiger partial charge >= 0.3 is 41.8 Å². The van der Waals surface area contributed by atoms with Crippen molar-refractivity contribution in [3.8, 4) is 0 Å². The van der Waals surface area contributed by atoms with Crippen molar-refractivity contribution >= 4 is 41.8 Å². The average Bonchev–Trinajstić information content (AvgIpc) is 3.32. The molecule has 15 nitrogen and oxygen atoms in total. The summed E-state index contributed by atoms with van der Waals surface area (Å²) in [5, 5.41) is 13.4. The van der Waals surface area contributed by atoms with Gasteiger partial charge in [0.25, 0.3) is 0 Å². The number of aliphatic hydroxyl groups is 1. The van der Waals surface area contributed by atoms with Gasteiger partial charge < -0.3 is 38.3 Å². The summed E-state index contributed by atoms with van der Waals surface area (Å²) in [6.07, 6.45) is -7.49. The van der Waals surface area contributed by atoms with E-state index >= 15 is 0 Å². The number of ether oxygens (including phenoxy) is 7.